The Labute approximate surface area is 196 Å². The van der Waals surface area contributed by atoms with Crippen LogP contribution in [0.15, 0.2) is 54.9 Å². The normalized spacial score (nSPS) is 16.2. The lowest BCUT2D eigenvalue weighted by Gasteiger charge is -2.09. The zero-order valence-electron chi connectivity index (χ0n) is 18.0. The maximum Gasteiger partial charge on any atom is 0.274 e. The average molecular weight is 460 g/mol. The quantitative estimate of drug-likeness (QED) is 0.276. The summed E-state index contributed by atoms with van der Waals surface area (Å²) < 4.78 is 1.76. The van der Waals surface area contributed by atoms with Crippen molar-refractivity contribution >= 4 is 35.4 Å². The van der Waals surface area contributed by atoms with Crippen LogP contribution in [0.4, 0.5) is 5.69 Å². The fourth-order valence-corrected chi connectivity index (χ4v) is 4.14. The lowest BCUT2D eigenvalue weighted by Crippen LogP contribution is -2.30. The molecule has 33 heavy (non-hydrogen) atoms. The molecule has 7 nitrogen and oxygen atoms in total. The van der Waals surface area contributed by atoms with Gasteiger partial charge >= 0.3 is 0 Å². The first-order chi connectivity index (χ1) is 16.0. The van der Waals surface area contributed by atoms with Crippen LogP contribution in [0.5, 0.6) is 0 Å². The van der Waals surface area contributed by atoms with E-state index in [9.17, 15) is 4.79 Å². The van der Waals surface area contributed by atoms with Gasteiger partial charge in [-0.1, -0.05) is 17.7 Å². The molecule has 0 radical (unpaired) electrons. The maximum atomic E-state index is 12.9. The first kappa shape index (κ1) is 21.3. The van der Waals surface area contributed by atoms with Gasteiger partial charge in [-0.05, 0) is 67.6 Å². The second kappa shape index (κ2) is 8.75. The van der Waals surface area contributed by atoms with Gasteiger partial charge in [-0.15, -0.1) is 0 Å². The Hall–Kier alpha value is -3.58. The molecule has 2 aliphatic carbocycles. The number of nitrogens with one attached hydrogen (secondary N) is 2. The van der Waals surface area contributed by atoms with E-state index in [2.05, 4.69) is 15.3 Å². The minimum absolute atomic E-state index is 0.286. The number of nitrogens with two attached hydrogens (primary N) is 1. The Balaban J connectivity index is 1.36. The second-order valence-electron chi connectivity index (χ2n) is 8.48. The molecule has 1 aromatic carbocycles. The van der Waals surface area contributed by atoms with Crippen LogP contribution in [0.2, 0.25) is 5.02 Å². The summed E-state index contributed by atoms with van der Waals surface area (Å²) >= 11 is 6.43. The van der Waals surface area contributed by atoms with Crippen molar-refractivity contribution in [2.24, 2.45) is 5.73 Å². The smallest absolute Gasteiger partial charge is 0.274 e. The molecule has 2 fully saturated rings. The highest BCUT2D eigenvalue weighted by molar-refractivity contribution is 6.31. The number of hydrogen-bond acceptors (Lipinski definition) is 4. The molecular weight excluding hydrogens is 436 g/mol. The van der Waals surface area contributed by atoms with Crippen LogP contribution in [0.3, 0.4) is 0 Å². The Morgan fingerprint density at radius 3 is 2.64 bits per heavy atom. The zero-order valence-corrected chi connectivity index (χ0v) is 18.7. The third-order valence-electron chi connectivity index (χ3n) is 5.93. The van der Waals surface area contributed by atoms with E-state index in [1.54, 1.807) is 35.2 Å². The monoisotopic (exact) mass is 459 g/mol. The Morgan fingerprint density at radius 2 is 1.94 bits per heavy atom. The number of rotatable bonds is 7. The molecule has 4 N–H and O–H groups in total. The van der Waals surface area contributed by atoms with E-state index in [1.807, 2.05) is 24.3 Å². The summed E-state index contributed by atoms with van der Waals surface area (Å²) in [5.41, 5.74) is 10.5. The number of anilines is 1. The molecule has 0 spiro atoms. The summed E-state index contributed by atoms with van der Waals surface area (Å²) in [5.74, 6) is 0.651. The van der Waals surface area contributed by atoms with Gasteiger partial charge < -0.3 is 11.1 Å². The number of hydrogen-bond donors (Lipinski definition) is 3. The molecule has 1 amide bonds. The van der Waals surface area contributed by atoms with E-state index in [1.165, 1.54) is 6.34 Å². The van der Waals surface area contributed by atoms with Gasteiger partial charge in [0.15, 0.2) is 0 Å². The number of nitrogens with zero attached hydrogens (tertiary/aromatic N) is 3. The molecule has 0 unspecified atom stereocenters. The number of amides is 1. The van der Waals surface area contributed by atoms with Crippen LogP contribution in [0.1, 0.15) is 53.3 Å². The van der Waals surface area contributed by atoms with Crippen LogP contribution in [0, 0.1) is 5.41 Å². The SMILES string of the molecule is N=C[N+](=C(N)c1cccc(NC(=O)c2cc(-c3cnc(C4CC4)c(Cl)c3)ccn2)c1)C1CC1. The van der Waals surface area contributed by atoms with Crippen LogP contribution in [-0.2, 0) is 0 Å². The molecule has 2 aromatic heterocycles. The van der Waals surface area contributed by atoms with Gasteiger partial charge in [0.2, 0.25) is 12.2 Å². The van der Waals surface area contributed by atoms with Gasteiger partial charge in [-0.3, -0.25) is 14.8 Å². The third-order valence-corrected chi connectivity index (χ3v) is 6.24. The molecule has 0 atom stereocenters. The van der Waals surface area contributed by atoms with Crippen LogP contribution < -0.4 is 11.1 Å². The number of carbonyl (C=O) groups is 1. The molecule has 2 saturated carbocycles. The Bertz CT molecular complexity index is 1280. The summed E-state index contributed by atoms with van der Waals surface area (Å²) in [6, 6.07) is 13.0. The number of halogens is 1. The molecular formula is C25H24ClN6O+. The van der Waals surface area contributed by atoms with E-state index in [0.717, 1.165) is 48.1 Å². The highest BCUT2D eigenvalue weighted by Crippen LogP contribution is 2.42. The number of carbonyl (C=O) groups excluding carboxylic acids is 1. The number of pyridine rings is 2. The molecule has 2 heterocycles. The van der Waals surface area contributed by atoms with Gasteiger partial charge in [0.25, 0.3) is 5.91 Å². The fourth-order valence-electron chi connectivity index (χ4n) is 3.82. The maximum absolute atomic E-state index is 12.9. The van der Waals surface area contributed by atoms with Crippen LogP contribution >= 0.6 is 11.6 Å². The molecule has 2 aliphatic rings. The van der Waals surface area contributed by atoms with E-state index in [4.69, 9.17) is 22.7 Å². The molecule has 0 aliphatic heterocycles. The Morgan fingerprint density at radius 1 is 1.12 bits per heavy atom. The number of amidine groups is 1. The molecule has 3 aromatic rings. The topological polar surface area (TPSA) is 108 Å². The van der Waals surface area contributed by atoms with Crippen molar-refractivity contribution in [3.63, 3.8) is 0 Å². The van der Waals surface area contributed by atoms with Crippen molar-refractivity contribution < 1.29 is 9.37 Å². The summed E-state index contributed by atoms with van der Waals surface area (Å²) in [6.07, 6.45) is 8.98. The lowest BCUT2D eigenvalue weighted by molar-refractivity contribution is -0.416. The van der Waals surface area contributed by atoms with Gasteiger partial charge in [0.1, 0.15) is 5.69 Å². The minimum Gasteiger partial charge on any atom is -0.321 e. The highest BCUT2D eigenvalue weighted by atomic mass is 35.5. The predicted octanol–water partition coefficient (Wildman–Crippen LogP) is 4.41. The second-order valence-corrected chi connectivity index (χ2v) is 8.89. The summed E-state index contributed by atoms with van der Waals surface area (Å²) in [6.45, 7) is 0. The van der Waals surface area contributed by atoms with E-state index in [-0.39, 0.29) is 17.6 Å². The van der Waals surface area contributed by atoms with Crippen molar-refractivity contribution in [2.45, 2.75) is 37.6 Å². The predicted molar refractivity (Wildman–Crippen MR) is 129 cm³/mol. The molecule has 5 rings (SSSR count). The van der Waals surface area contributed by atoms with Gasteiger partial charge in [0, 0.05) is 35.1 Å². The van der Waals surface area contributed by atoms with Crippen molar-refractivity contribution in [2.75, 3.05) is 5.32 Å². The molecule has 0 bridgehead atoms. The van der Waals surface area contributed by atoms with Gasteiger partial charge in [-0.25, -0.2) is 4.58 Å². The van der Waals surface area contributed by atoms with Crippen LogP contribution in [-0.4, -0.2) is 38.7 Å². The molecule has 166 valence electrons. The van der Waals surface area contributed by atoms with Gasteiger partial charge in [-0.2, -0.15) is 5.41 Å². The standard InChI is InChI=1S/C25H23ClN6O/c26-21-11-18(13-30-23(21)15-4-5-15)16-8-9-29-22(12-16)25(33)31-19-3-1-2-17(10-19)24(28)32(14-27)20-6-7-20/h1-3,8-15,20,27-28H,4-7H2,(H,31,33)/p+1. The van der Waals surface area contributed by atoms with E-state index in [0.29, 0.717) is 22.5 Å². The summed E-state index contributed by atoms with van der Waals surface area (Å²) in [7, 11) is 0. The molecule has 8 heteroatoms. The van der Waals surface area contributed by atoms with Crippen molar-refractivity contribution in [3.05, 3.63) is 76.8 Å². The van der Waals surface area contributed by atoms with Crippen molar-refractivity contribution in [3.8, 4) is 11.1 Å². The summed E-state index contributed by atoms with van der Waals surface area (Å²) in [5, 5.41) is 11.2. The first-order valence-corrected chi connectivity index (χ1v) is 11.4. The van der Waals surface area contributed by atoms with Gasteiger partial charge in [0.05, 0.1) is 16.8 Å². The minimum atomic E-state index is -0.327. The number of aromatic nitrogens is 2. The molecule has 0 saturated heterocycles. The lowest BCUT2D eigenvalue weighted by atomic mass is 10.1. The van der Waals surface area contributed by atoms with Crippen molar-refractivity contribution in [1.82, 2.24) is 9.97 Å². The first-order valence-electron chi connectivity index (χ1n) is 11.0. The number of benzene rings is 1. The summed E-state index contributed by atoms with van der Waals surface area (Å²) in [4.78, 5) is 21.7. The van der Waals surface area contributed by atoms with E-state index < -0.39 is 0 Å². The fraction of sp³-hybridized carbons (Fsp3) is 0.240. The van der Waals surface area contributed by atoms with Crippen LogP contribution in [0.25, 0.3) is 11.1 Å². The highest BCUT2D eigenvalue weighted by Gasteiger charge is 2.30. The average Bonchev–Trinajstić information content (AvgIpc) is 3.74. The van der Waals surface area contributed by atoms with Crippen molar-refractivity contribution in [1.29, 1.82) is 5.41 Å². The third kappa shape index (κ3) is 4.64. The Kier molecular flexibility index (Phi) is 5.64. The largest absolute Gasteiger partial charge is 0.321 e. The van der Waals surface area contributed by atoms with E-state index >= 15 is 0 Å². The zero-order chi connectivity index (χ0) is 22.9.